The Balaban J connectivity index is 3.13. The highest BCUT2D eigenvalue weighted by Crippen LogP contribution is 2.14. The lowest BCUT2D eigenvalue weighted by Gasteiger charge is -2.03. The lowest BCUT2D eigenvalue weighted by Crippen LogP contribution is -2.08. The maximum atomic E-state index is 11.2. The molecular formula is C9H8ClNO3. The van der Waals surface area contributed by atoms with Crippen LogP contribution in [0.4, 0.5) is 0 Å². The molecule has 0 N–H and O–H groups in total. The fourth-order valence-electron chi connectivity index (χ4n) is 1.01. The minimum Gasteiger partial charge on any atom is -0.464 e. The zero-order valence-electron chi connectivity index (χ0n) is 7.49. The third-order valence-corrected chi connectivity index (χ3v) is 1.82. The van der Waals surface area contributed by atoms with Crippen molar-refractivity contribution in [2.75, 3.05) is 7.11 Å². The number of carbonyl (C=O) groups is 2. The van der Waals surface area contributed by atoms with Gasteiger partial charge >= 0.3 is 5.97 Å². The Morgan fingerprint density at radius 1 is 1.71 bits per heavy atom. The van der Waals surface area contributed by atoms with E-state index < -0.39 is 5.97 Å². The minimum absolute atomic E-state index is 0.0952. The molecule has 0 saturated carbocycles. The van der Waals surface area contributed by atoms with E-state index in [-0.39, 0.29) is 12.1 Å². The van der Waals surface area contributed by atoms with Crippen LogP contribution in [0.25, 0.3) is 0 Å². The van der Waals surface area contributed by atoms with E-state index >= 15 is 0 Å². The summed E-state index contributed by atoms with van der Waals surface area (Å²) in [6.07, 6.45) is 2.11. The number of esters is 1. The van der Waals surface area contributed by atoms with Gasteiger partial charge in [-0.3, -0.25) is 0 Å². The number of hydrogen-bond donors (Lipinski definition) is 0. The molecule has 0 aliphatic rings. The van der Waals surface area contributed by atoms with Crippen LogP contribution in [-0.2, 0) is 16.0 Å². The highest BCUT2D eigenvalue weighted by molar-refractivity contribution is 6.30. The van der Waals surface area contributed by atoms with Crippen LogP contribution in [0, 0.1) is 0 Å². The quantitative estimate of drug-likeness (QED) is 0.560. The average Bonchev–Trinajstić information content (AvgIpc) is 2.17. The molecule has 5 heteroatoms. The number of rotatable bonds is 3. The number of halogens is 1. The van der Waals surface area contributed by atoms with E-state index in [0.717, 1.165) is 0 Å². The topological polar surface area (TPSA) is 56.3 Å². The first-order valence-electron chi connectivity index (χ1n) is 3.85. The molecule has 0 radical (unpaired) electrons. The third-order valence-electron chi connectivity index (χ3n) is 1.62. The maximum Gasteiger partial charge on any atom is 0.356 e. The number of pyridine rings is 1. The Morgan fingerprint density at radius 3 is 3.00 bits per heavy atom. The standard InChI is InChI=1S/C9H8ClNO3/c1-14-9(13)8-6(2-3-12)4-7(10)5-11-8/h3-5H,2H2,1H3. The number of aromatic nitrogens is 1. The van der Waals surface area contributed by atoms with Crippen molar-refractivity contribution < 1.29 is 14.3 Å². The molecular weight excluding hydrogens is 206 g/mol. The van der Waals surface area contributed by atoms with Gasteiger partial charge in [0, 0.05) is 12.6 Å². The zero-order valence-corrected chi connectivity index (χ0v) is 8.25. The Labute approximate surface area is 85.9 Å². The van der Waals surface area contributed by atoms with Crippen molar-refractivity contribution in [3.8, 4) is 0 Å². The number of ether oxygens (including phenoxy) is 1. The molecule has 0 saturated heterocycles. The third kappa shape index (κ3) is 2.29. The average molecular weight is 214 g/mol. The molecule has 0 atom stereocenters. The monoisotopic (exact) mass is 213 g/mol. The van der Waals surface area contributed by atoms with E-state index in [1.165, 1.54) is 19.4 Å². The summed E-state index contributed by atoms with van der Waals surface area (Å²) in [7, 11) is 1.25. The van der Waals surface area contributed by atoms with Gasteiger partial charge in [-0.05, 0) is 11.6 Å². The predicted octanol–water partition coefficient (Wildman–Crippen LogP) is 1.26. The number of methoxy groups -OCH3 is 1. The maximum absolute atomic E-state index is 11.2. The van der Waals surface area contributed by atoms with Gasteiger partial charge in [-0.2, -0.15) is 0 Å². The fourth-order valence-corrected chi connectivity index (χ4v) is 1.19. The molecule has 74 valence electrons. The first-order valence-corrected chi connectivity index (χ1v) is 4.23. The van der Waals surface area contributed by atoms with Gasteiger partial charge in [0.25, 0.3) is 0 Å². The van der Waals surface area contributed by atoms with E-state index in [1.54, 1.807) is 0 Å². The summed E-state index contributed by atoms with van der Waals surface area (Å²) >= 11 is 5.67. The normalized spacial score (nSPS) is 9.57. The summed E-state index contributed by atoms with van der Waals surface area (Å²) in [6, 6.07) is 1.52. The molecule has 1 aromatic heterocycles. The number of nitrogens with zero attached hydrogens (tertiary/aromatic N) is 1. The van der Waals surface area contributed by atoms with E-state index in [0.29, 0.717) is 16.9 Å². The summed E-state index contributed by atoms with van der Waals surface area (Å²) in [5.74, 6) is -0.571. The van der Waals surface area contributed by atoms with Gasteiger partial charge in [0.1, 0.15) is 6.29 Å². The summed E-state index contributed by atoms with van der Waals surface area (Å²) in [6.45, 7) is 0. The lowest BCUT2D eigenvalue weighted by molar-refractivity contribution is -0.107. The Hall–Kier alpha value is -1.42. The van der Waals surface area contributed by atoms with E-state index in [4.69, 9.17) is 11.6 Å². The first-order chi connectivity index (χ1) is 6.69. The number of aldehydes is 1. The van der Waals surface area contributed by atoms with Crippen LogP contribution in [0.1, 0.15) is 16.1 Å². The van der Waals surface area contributed by atoms with Gasteiger partial charge in [0.2, 0.25) is 0 Å². The SMILES string of the molecule is COC(=O)c1ncc(Cl)cc1CC=O. The lowest BCUT2D eigenvalue weighted by atomic mass is 10.1. The van der Waals surface area contributed by atoms with E-state index in [9.17, 15) is 9.59 Å². The van der Waals surface area contributed by atoms with Crippen LogP contribution < -0.4 is 0 Å². The summed E-state index contributed by atoms with van der Waals surface area (Å²) in [5.41, 5.74) is 0.600. The molecule has 0 bridgehead atoms. The highest BCUT2D eigenvalue weighted by atomic mass is 35.5. The van der Waals surface area contributed by atoms with Crippen LogP contribution in [0.2, 0.25) is 5.02 Å². The molecule has 1 aromatic rings. The van der Waals surface area contributed by atoms with Gasteiger partial charge < -0.3 is 9.53 Å². The van der Waals surface area contributed by atoms with Crippen molar-refractivity contribution in [3.05, 3.63) is 28.5 Å². The smallest absolute Gasteiger partial charge is 0.356 e. The number of carbonyl (C=O) groups excluding carboxylic acids is 2. The van der Waals surface area contributed by atoms with Gasteiger partial charge in [0.05, 0.1) is 12.1 Å². The highest BCUT2D eigenvalue weighted by Gasteiger charge is 2.13. The fraction of sp³-hybridized carbons (Fsp3) is 0.222. The van der Waals surface area contributed by atoms with Crippen LogP contribution in [0.5, 0.6) is 0 Å². The largest absolute Gasteiger partial charge is 0.464 e. The molecule has 1 rings (SSSR count). The molecule has 0 unspecified atom stereocenters. The van der Waals surface area contributed by atoms with Crippen LogP contribution in [0.3, 0.4) is 0 Å². The van der Waals surface area contributed by atoms with Crippen LogP contribution in [-0.4, -0.2) is 24.3 Å². The van der Waals surface area contributed by atoms with Crippen molar-refractivity contribution in [2.24, 2.45) is 0 Å². The molecule has 0 aliphatic heterocycles. The number of hydrogen-bond acceptors (Lipinski definition) is 4. The molecule has 0 aromatic carbocycles. The van der Waals surface area contributed by atoms with Crippen molar-refractivity contribution in [3.63, 3.8) is 0 Å². The second kappa shape index (κ2) is 4.72. The van der Waals surface area contributed by atoms with Crippen molar-refractivity contribution >= 4 is 23.9 Å². The van der Waals surface area contributed by atoms with Gasteiger partial charge in [-0.1, -0.05) is 11.6 Å². The molecule has 0 aliphatic carbocycles. The Morgan fingerprint density at radius 2 is 2.43 bits per heavy atom. The Bertz CT molecular complexity index is 365. The molecule has 0 amide bonds. The molecule has 0 spiro atoms. The molecule has 4 nitrogen and oxygen atoms in total. The van der Waals surface area contributed by atoms with Crippen molar-refractivity contribution in [1.82, 2.24) is 4.98 Å². The van der Waals surface area contributed by atoms with Crippen LogP contribution in [0.15, 0.2) is 12.3 Å². The Kier molecular flexibility index (Phi) is 3.59. The summed E-state index contributed by atoms with van der Waals surface area (Å²) in [4.78, 5) is 25.3. The first kappa shape index (κ1) is 10.7. The molecule has 1 heterocycles. The zero-order chi connectivity index (χ0) is 10.6. The minimum atomic E-state index is -0.571. The molecule has 0 fully saturated rings. The van der Waals surface area contributed by atoms with Gasteiger partial charge in [-0.15, -0.1) is 0 Å². The van der Waals surface area contributed by atoms with E-state index in [2.05, 4.69) is 9.72 Å². The van der Waals surface area contributed by atoms with E-state index in [1.807, 2.05) is 0 Å². The van der Waals surface area contributed by atoms with Crippen molar-refractivity contribution in [1.29, 1.82) is 0 Å². The second-order valence-corrected chi connectivity index (χ2v) is 2.96. The van der Waals surface area contributed by atoms with Gasteiger partial charge in [-0.25, -0.2) is 9.78 Å². The van der Waals surface area contributed by atoms with Crippen LogP contribution >= 0.6 is 11.6 Å². The molecule has 14 heavy (non-hydrogen) atoms. The van der Waals surface area contributed by atoms with Crippen molar-refractivity contribution in [2.45, 2.75) is 6.42 Å². The summed E-state index contributed by atoms with van der Waals surface area (Å²) < 4.78 is 4.50. The van der Waals surface area contributed by atoms with Gasteiger partial charge in [0.15, 0.2) is 5.69 Å². The second-order valence-electron chi connectivity index (χ2n) is 2.52. The summed E-state index contributed by atoms with van der Waals surface area (Å²) in [5, 5.41) is 0.384. The predicted molar refractivity (Wildman–Crippen MR) is 50.4 cm³/mol.